The van der Waals surface area contributed by atoms with Crippen molar-refractivity contribution in [3.8, 4) is 11.1 Å². The zero-order valence-corrected chi connectivity index (χ0v) is 19.0. The zero-order valence-electron chi connectivity index (χ0n) is 19.0. The van der Waals surface area contributed by atoms with Gasteiger partial charge in [0.2, 0.25) is 0 Å². The van der Waals surface area contributed by atoms with E-state index in [1.165, 1.54) is 45.0 Å². The van der Waals surface area contributed by atoms with Crippen molar-refractivity contribution in [2.24, 2.45) is 0 Å². The van der Waals surface area contributed by atoms with Crippen LogP contribution >= 0.6 is 0 Å². The monoisotopic (exact) mass is 438 g/mol. The van der Waals surface area contributed by atoms with Crippen molar-refractivity contribution < 1.29 is 0 Å². The molecule has 5 aromatic rings. The van der Waals surface area contributed by atoms with Crippen LogP contribution in [0.3, 0.4) is 0 Å². The molecule has 2 nitrogen and oxygen atoms in total. The summed E-state index contributed by atoms with van der Waals surface area (Å²) >= 11 is 0. The van der Waals surface area contributed by atoms with Crippen LogP contribution in [0.25, 0.3) is 11.1 Å². The van der Waals surface area contributed by atoms with E-state index in [0.29, 0.717) is 6.67 Å². The molecule has 34 heavy (non-hydrogen) atoms. The third-order valence-electron chi connectivity index (χ3n) is 6.57. The van der Waals surface area contributed by atoms with Gasteiger partial charge in [0.25, 0.3) is 0 Å². The molecule has 0 saturated heterocycles. The Morgan fingerprint density at radius 1 is 0.441 bits per heavy atom. The van der Waals surface area contributed by atoms with E-state index in [-0.39, 0.29) is 0 Å². The van der Waals surface area contributed by atoms with E-state index in [1.807, 2.05) is 0 Å². The minimum Gasteiger partial charge on any atom is -0.323 e. The van der Waals surface area contributed by atoms with Crippen LogP contribution in [0.15, 0.2) is 133 Å². The Balaban J connectivity index is 1.51. The van der Waals surface area contributed by atoms with Gasteiger partial charge in [-0.2, -0.15) is 0 Å². The average Bonchev–Trinajstić information content (AvgIpc) is 3.30. The molecular formula is C32H26N2. The van der Waals surface area contributed by atoms with Crippen molar-refractivity contribution in [2.45, 2.75) is 6.42 Å². The van der Waals surface area contributed by atoms with Gasteiger partial charge in [0.05, 0.1) is 12.4 Å². The van der Waals surface area contributed by atoms with Crippen LogP contribution in [0.5, 0.6) is 0 Å². The number of rotatable bonds is 6. The predicted octanol–water partition coefficient (Wildman–Crippen LogP) is 8.19. The van der Waals surface area contributed by atoms with Gasteiger partial charge in [0, 0.05) is 22.6 Å². The molecule has 0 N–H and O–H groups in total. The topological polar surface area (TPSA) is 6.48 Å². The average molecular weight is 439 g/mol. The summed E-state index contributed by atoms with van der Waals surface area (Å²) in [5.74, 6) is 0. The number of hydrogen-bond acceptors (Lipinski definition) is 2. The van der Waals surface area contributed by atoms with Crippen molar-refractivity contribution in [3.05, 3.63) is 145 Å². The Morgan fingerprint density at radius 3 is 1.56 bits per heavy atom. The maximum absolute atomic E-state index is 2.45. The Morgan fingerprint density at radius 2 is 0.941 bits per heavy atom. The lowest BCUT2D eigenvalue weighted by molar-refractivity contribution is 0.926. The van der Waals surface area contributed by atoms with Crippen molar-refractivity contribution in [1.82, 2.24) is 0 Å². The summed E-state index contributed by atoms with van der Waals surface area (Å²) in [5.41, 5.74) is 10.3. The van der Waals surface area contributed by atoms with Gasteiger partial charge in [-0.3, -0.25) is 0 Å². The van der Waals surface area contributed by atoms with Gasteiger partial charge in [0.1, 0.15) is 0 Å². The molecule has 0 atom stereocenters. The summed E-state index contributed by atoms with van der Waals surface area (Å²) in [6.45, 7) is 0.691. The first-order chi connectivity index (χ1) is 16.9. The number of hydrogen-bond donors (Lipinski definition) is 0. The fourth-order valence-electron chi connectivity index (χ4n) is 4.97. The first-order valence-electron chi connectivity index (χ1n) is 11.8. The molecule has 0 fully saturated rings. The lowest BCUT2D eigenvalue weighted by atomic mass is 10.0. The first kappa shape index (κ1) is 20.3. The van der Waals surface area contributed by atoms with Crippen molar-refractivity contribution in [1.29, 1.82) is 0 Å². The van der Waals surface area contributed by atoms with Gasteiger partial charge in [0.15, 0.2) is 0 Å². The molecule has 0 unspecified atom stereocenters. The van der Waals surface area contributed by atoms with Crippen LogP contribution in [-0.2, 0) is 6.42 Å². The van der Waals surface area contributed by atoms with E-state index < -0.39 is 0 Å². The maximum Gasteiger partial charge on any atom is 0.1000 e. The fraction of sp³-hybridized carbons (Fsp3) is 0.0625. The van der Waals surface area contributed by atoms with Gasteiger partial charge in [-0.25, -0.2) is 0 Å². The molecule has 2 heteroatoms. The smallest absolute Gasteiger partial charge is 0.1000 e. The third kappa shape index (κ3) is 3.74. The molecule has 0 radical (unpaired) electrons. The van der Waals surface area contributed by atoms with Crippen molar-refractivity contribution in [2.75, 3.05) is 16.5 Å². The van der Waals surface area contributed by atoms with E-state index in [2.05, 4.69) is 143 Å². The molecule has 0 aliphatic heterocycles. The highest BCUT2D eigenvalue weighted by molar-refractivity contribution is 5.90. The second-order valence-corrected chi connectivity index (χ2v) is 8.65. The maximum atomic E-state index is 2.45. The molecule has 1 aliphatic rings. The lowest BCUT2D eigenvalue weighted by Crippen LogP contribution is -2.32. The zero-order chi connectivity index (χ0) is 22.7. The molecule has 0 spiro atoms. The molecule has 164 valence electrons. The summed E-state index contributed by atoms with van der Waals surface area (Å²) < 4.78 is 0. The fourth-order valence-corrected chi connectivity index (χ4v) is 4.97. The van der Waals surface area contributed by atoms with Crippen LogP contribution in [0.1, 0.15) is 11.1 Å². The number of para-hydroxylation sites is 3. The van der Waals surface area contributed by atoms with Gasteiger partial charge in [-0.05, 0) is 65.6 Å². The van der Waals surface area contributed by atoms with E-state index in [1.54, 1.807) is 0 Å². The molecule has 0 saturated carbocycles. The Kier molecular flexibility index (Phi) is 5.33. The molecule has 0 heterocycles. The first-order valence-corrected chi connectivity index (χ1v) is 11.8. The number of fused-ring (bicyclic) bond motifs is 3. The lowest BCUT2D eigenvalue weighted by Gasteiger charge is -2.35. The highest BCUT2D eigenvalue weighted by Crippen LogP contribution is 2.45. The second-order valence-electron chi connectivity index (χ2n) is 8.65. The standard InChI is InChI=1S/C32H26N2/c1-4-15-27(16-5-1)33(28-17-6-2-7-18-28)24-34(29-19-8-3-9-20-29)31-22-12-14-26-23-25-13-10-11-21-30(25)32(26)31/h1-22H,23-24H2. The Labute approximate surface area is 201 Å². The summed E-state index contributed by atoms with van der Waals surface area (Å²) in [6, 6.07) is 47.6. The van der Waals surface area contributed by atoms with E-state index in [0.717, 1.165) is 6.42 Å². The van der Waals surface area contributed by atoms with Crippen LogP contribution < -0.4 is 9.80 Å². The molecule has 1 aliphatic carbocycles. The largest absolute Gasteiger partial charge is 0.323 e. The number of anilines is 4. The molecule has 6 rings (SSSR count). The minimum atomic E-state index is 0.691. The Bertz CT molecular complexity index is 1360. The summed E-state index contributed by atoms with van der Waals surface area (Å²) in [4.78, 5) is 4.83. The van der Waals surface area contributed by atoms with E-state index in [4.69, 9.17) is 0 Å². The second kappa shape index (κ2) is 8.92. The third-order valence-corrected chi connectivity index (χ3v) is 6.57. The van der Waals surface area contributed by atoms with E-state index >= 15 is 0 Å². The molecule has 0 amide bonds. The molecule has 5 aromatic carbocycles. The molecule has 0 bridgehead atoms. The van der Waals surface area contributed by atoms with Crippen LogP contribution in [0, 0.1) is 0 Å². The SMILES string of the molecule is c1ccc(N(CN(c2ccccc2)c2cccc3c2-c2ccccc2C3)c2ccccc2)cc1. The number of nitrogens with zero attached hydrogens (tertiary/aromatic N) is 2. The van der Waals surface area contributed by atoms with Gasteiger partial charge >= 0.3 is 0 Å². The van der Waals surface area contributed by atoms with Crippen LogP contribution in [-0.4, -0.2) is 6.67 Å². The summed E-state index contributed by atoms with van der Waals surface area (Å²) in [6.07, 6.45) is 0.989. The highest BCUT2D eigenvalue weighted by atomic mass is 15.3. The molecular weight excluding hydrogens is 412 g/mol. The Hall–Kier alpha value is -4.30. The van der Waals surface area contributed by atoms with Gasteiger partial charge < -0.3 is 9.80 Å². The summed E-state index contributed by atoms with van der Waals surface area (Å²) in [7, 11) is 0. The number of benzene rings is 5. The van der Waals surface area contributed by atoms with Crippen LogP contribution in [0.2, 0.25) is 0 Å². The minimum absolute atomic E-state index is 0.691. The summed E-state index contributed by atoms with van der Waals surface area (Å²) in [5, 5.41) is 0. The highest BCUT2D eigenvalue weighted by Gasteiger charge is 2.25. The van der Waals surface area contributed by atoms with Gasteiger partial charge in [-0.1, -0.05) is 91.0 Å². The van der Waals surface area contributed by atoms with E-state index in [9.17, 15) is 0 Å². The molecule has 0 aromatic heterocycles. The quantitative estimate of drug-likeness (QED) is 0.242. The predicted molar refractivity (Wildman–Crippen MR) is 143 cm³/mol. The normalized spacial score (nSPS) is 11.5. The van der Waals surface area contributed by atoms with Crippen LogP contribution in [0.4, 0.5) is 22.7 Å². The van der Waals surface area contributed by atoms with Crippen molar-refractivity contribution in [3.63, 3.8) is 0 Å². The van der Waals surface area contributed by atoms with Gasteiger partial charge in [-0.15, -0.1) is 0 Å². The van der Waals surface area contributed by atoms with Crippen molar-refractivity contribution >= 4 is 22.7 Å².